The third kappa shape index (κ3) is 46.1. The number of hydrogen-bond donors (Lipinski definition) is 3. The summed E-state index contributed by atoms with van der Waals surface area (Å²) in [6.07, 6.45) is 52.5. The van der Waals surface area contributed by atoms with Crippen molar-refractivity contribution < 1.29 is 38.0 Å². The first-order chi connectivity index (χ1) is 30.9. The fourth-order valence-corrected chi connectivity index (χ4v) is 8.88. The van der Waals surface area contributed by atoms with Gasteiger partial charge < -0.3 is 34.0 Å². The summed E-state index contributed by atoms with van der Waals surface area (Å²) >= 11 is 0. The maximum Gasteiger partial charge on any atom is 0.268 e. The molecule has 0 heterocycles. The van der Waals surface area contributed by atoms with Crippen molar-refractivity contribution in [3.63, 3.8) is 0 Å². The fraction of sp³-hybridized carbons (Fsp3) is 0.907. The highest BCUT2D eigenvalue weighted by Gasteiger charge is 2.29. The minimum absolute atomic E-state index is 0.0467. The van der Waals surface area contributed by atoms with Gasteiger partial charge in [0.15, 0.2) is 0 Å². The van der Waals surface area contributed by atoms with E-state index in [1.807, 2.05) is 21.1 Å². The summed E-state index contributed by atoms with van der Waals surface area (Å²) in [7, 11) is 1.11. The molecule has 0 aliphatic rings. The van der Waals surface area contributed by atoms with Gasteiger partial charge in [-0.3, -0.25) is 9.36 Å². The van der Waals surface area contributed by atoms with Gasteiger partial charge in [0.05, 0.1) is 39.9 Å². The summed E-state index contributed by atoms with van der Waals surface area (Å²) in [5.41, 5.74) is 0. The van der Waals surface area contributed by atoms with Crippen molar-refractivity contribution in [3.8, 4) is 0 Å². The van der Waals surface area contributed by atoms with Crippen molar-refractivity contribution in [1.29, 1.82) is 0 Å². The molecule has 0 aromatic carbocycles. The van der Waals surface area contributed by atoms with Gasteiger partial charge in [0.25, 0.3) is 7.82 Å². The van der Waals surface area contributed by atoms with Crippen molar-refractivity contribution in [2.45, 2.75) is 276 Å². The maximum atomic E-state index is 13.0. The van der Waals surface area contributed by atoms with E-state index in [2.05, 4.69) is 43.5 Å². The van der Waals surface area contributed by atoms with Gasteiger partial charge >= 0.3 is 0 Å². The van der Waals surface area contributed by atoms with Crippen LogP contribution in [-0.2, 0) is 18.4 Å². The van der Waals surface area contributed by atoms with Crippen LogP contribution < -0.4 is 10.2 Å². The van der Waals surface area contributed by atoms with Crippen LogP contribution in [0.3, 0.4) is 0 Å². The molecule has 0 aromatic rings. The highest BCUT2D eigenvalue weighted by Crippen LogP contribution is 2.38. The Labute approximate surface area is 397 Å². The third-order valence-corrected chi connectivity index (χ3v) is 13.5. The van der Waals surface area contributed by atoms with Crippen molar-refractivity contribution >= 4 is 13.7 Å². The van der Waals surface area contributed by atoms with Gasteiger partial charge in [0.1, 0.15) is 19.3 Å². The van der Waals surface area contributed by atoms with E-state index >= 15 is 0 Å². The van der Waals surface area contributed by atoms with Crippen molar-refractivity contribution in [3.05, 3.63) is 24.3 Å². The Bertz CT molecular complexity index is 1110. The number of allylic oxidation sites excluding steroid dienone is 4. The number of aliphatic hydroxyl groups is 2. The van der Waals surface area contributed by atoms with E-state index in [-0.39, 0.29) is 18.9 Å². The number of carbonyl (C=O) groups is 1. The molecule has 1 amide bonds. The van der Waals surface area contributed by atoms with Gasteiger partial charge in [0, 0.05) is 6.42 Å². The Kier molecular flexibility index (Phi) is 45.0. The van der Waals surface area contributed by atoms with Crippen LogP contribution in [0.2, 0.25) is 0 Å². The molecule has 380 valence electrons. The zero-order valence-corrected chi connectivity index (χ0v) is 43.8. The van der Waals surface area contributed by atoms with E-state index in [0.717, 1.165) is 38.5 Å². The summed E-state index contributed by atoms with van der Waals surface area (Å²) < 4.78 is 23.2. The quantitative estimate of drug-likeness (QED) is 0.0240. The molecule has 0 spiro atoms. The third-order valence-electron chi connectivity index (χ3n) is 12.5. The SMILES string of the molecule is CCCCC/C=C/CC/C=C/CCCC(O)C(O)C(COP(=O)([O-])OCC[N+](C)(C)C)NC(=O)CCCCCCCCCCCCCCCCCCCCCCCCCCCCCC. The molecule has 64 heavy (non-hydrogen) atoms. The fourth-order valence-electron chi connectivity index (χ4n) is 8.15. The Hall–Kier alpha value is -1.06. The molecule has 0 rings (SSSR count). The molecule has 0 radical (unpaired) electrons. The number of rotatable bonds is 50. The number of hydrogen-bond acceptors (Lipinski definition) is 7. The van der Waals surface area contributed by atoms with Crippen molar-refractivity contribution in [2.24, 2.45) is 0 Å². The Balaban J connectivity index is 4.16. The first-order valence-electron chi connectivity index (χ1n) is 27.3. The molecule has 0 bridgehead atoms. The summed E-state index contributed by atoms with van der Waals surface area (Å²) in [6, 6.07) is -1.09. The second kappa shape index (κ2) is 45.7. The molecular weight excluding hydrogens is 820 g/mol. The molecule has 0 aromatic heterocycles. The first kappa shape index (κ1) is 62.9. The molecule has 4 unspecified atom stereocenters. The van der Waals surface area contributed by atoms with Gasteiger partial charge in [0.2, 0.25) is 5.91 Å². The van der Waals surface area contributed by atoms with Gasteiger partial charge in [-0.15, -0.1) is 0 Å². The molecule has 9 nitrogen and oxygen atoms in total. The second-order valence-corrected chi connectivity index (χ2v) is 21.5. The lowest BCUT2D eigenvalue weighted by atomic mass is 10.0. The van der Waals surface area contributed by atoms with Crippen LogP contribution in [0.1, 0.15) is 258 Å². The number of nitrogens with one attached hydrogen (secondary N) is 1. The highest BCUT2D eigenvalue weighted by molar-refractivity contribution is 7.45. The molecule has 0 aliphatic heterocycles. The van der Waals surface area contributed by atoms with E-state index in [1.165, 1.54) is 180 Å². The van der Waals surface area contributed by atoms with Crippen LogP contribution in [0, 0.1) is 0 Å². The summed E-state index contributed by atoms with van der Waals surface area (Å²) in [5.74, 6) is -0.288. The van der Waals surface area contributed by atoms with E-state index in [0.29, 0.717) is 30.3 Å². The molecule has 0 saturated heterocycles. The highest BCUT2D eigenvalue weighted by atomic mass is 31.2. The van der Waals surface area contributed by atoms with Gasteiger partial charge in [-0.05, 0) is 51.4 Å². The largest absolute Gasteiger partial charge is 0.756 e. The van der Waals surface area contributed by atoms with Crippen molar-refractivity contribution in [2.75, 3.05) is 40.9 Å². The Morgan fingerprint density at radius 3 is 1.31 bits per heavy atom. The zero-order valence-electron chi connectivity index (χ0n) is 42.9. The minimum Gasteiger partial charge on any atom is -0.756 e. The van der Waals surface area contributed by atoms with Gasteiger partial charge in [-0.2, -0.15) is 0 Å². The molecule has 3 N–H and O–H groups in total. The number of quaternary nitrogens is 1. The minimum atomic E-state index is -4.68. The number of amides is 1. The second-order valence-electron chi connectivity index (χ2n) is 20.1. The number of aliphatic hydroxyl groups excluding tert-OH is 2. The van der Waals surface area contributed by atoms with Gasteiger partial charge in [-0.25, -0.2) is 0 Å². The van der Waals surface area contributed by atoms with E-state index in [9.17, 15) is 24.5 Å². The predicted octanol–water partition coefficient (Wildman–Crippen LogP) is 14.4. The number of nitrogens with zero attached hydrogens (tertiary/aromatic N) is 1. The lowest BCUT2D eigenvalue weighted by Gasteiger charge is -2.31. The van der Waals surface area contributed by atoms with Crippen LogP contribution >= 0.6 is 7.82 Å². The van der Waals surface area contributed by atoms with Crippen molar-refractivity contribution in [1.82, 2.24) is 5.32 Å². The van der Waals surface area contributed by atoms with Crippen LogP contribution in [0.4, 0.5) is 0 Å². The lowest BCUT2D eigenvalue weighted by molar-refractivity contribution is -0.870. The van der Waals surface area contributed by atoms with E-state index in [1.54, 1.807) is 0 Å². The summed E-state index contributed by atoms with van der Waals surface area (Å²) in [4.78, 5) is 25.5. The molecule has 10 heteroatoms. The molecular formula is C54H107N2O7P. The number of phosphoric ester groups is 1. The molecule has 4 atom stereocenters. The Morgan fingerprint density at radius 2 is 0.906 bits per heavy atom. The smallest absolute Gasteiger partial charge is 0.268 e. The van der Waals surface area contributed by atoms with Gasteiger partial charge in [-0.1, -0.05) is 224 Å². The molecule has 0 aliphatic carbocycles. The number of carbonyl (C=O) groups excluding carboxylic acids is 1. The zero-order chi connectivity index (χ0) is 47.3. The number of likely N-dealkylation sites (N-methyl/N-ethyl adjacent to an activating group) is 1. The topological polar surface area (TPSA) is 128 Å². The molecule has 0 saturated carbocycles. The Morgan fingerprint density at radius 1 is 0.547 bits per heavy atom. The van der Waals surface area contributed by atoms with E-state index < -0.39 is 32.7 Å². The van der Waals surface area contributed by atoms with Crippen LogP contribution in [0.15, 0.2) is 24.3 Å². The van der Waals surface area contributed by atoms with Crippen LogP contribution in [-0.4, -0.2) is 79.8 Å². The van der Waals surface area contributed by atoms with Crippen LogP contribution in [0.25, 0.3) is 0 Å². The monoisotopic (exact) mass is 927 g/mol. The first-order valence-corrected chi connectivity index (χ1v) is 28.7. The lowest BCUT2D eigenvalue weighted by Crippen LogP contribution is -2.51. The summed E-state index contributed by atoms with van der Waals surface area (Å²) in [5, 5.41) is 24.6. The maximum absolute atomic E-state index is 13.0. The number of phosphoric acid groups is 1. The summed E-state index contributed by atoms with van der Waals surface area (Å²) in [6.45, 7) is 4.40. The van der Waals surface area contributed by atoms with E-state index in [4.69, 9.17) is 9.05 Å². The standard InChI is InChI=1S/C54H107N2O7P/c1-6-8-10-12-14-16-18-20-21-22-23-24-25-26-27-28-29-30-31-32-33-34-35-37-39-41-43-45-47-53(58)55-51(50-63-64(60,61)62-49-48-56(3,4)5)54(59)52(57)46-44-42-40-38-36-19-17-15-13-11-9-7-2/h15,17,38,40,51-52,54,57,59H,6-14,16,18-37,39,41-50H2,1-5H3,(H-,55,58,60,61)/b17-15+,40-38+. The average Bonchev–Trinajstić information content (AvgIpc) is 3.25. The number of unbranched alkanes of at least 4 members (excludes halogenated alkanes) is 32. The normalized spacial score (nSPS) is 14.7. The molecule has 0 fully saturated rings. The predicted molar refractivity (Wildman–Crippen MR) is 271 cm³/mol. The average molecular weight is 927 g/mol. The van der Waals surface area contributed by atoms with Crippen LogP contribution in [0.5, 0.6) is 0 Å².